The highest BCUT2D eigenvalue weighted by Crippen LogP contribution is 2.26. The lowest BCUT2D eigenvalue weighted by molar-refractivity contribution is -0.384. The highest BCUT2D eigenvalue weighted by atomic mass is 32.2. The molecule has 13 heteroatoms. The quantitative estimate of drug-likeness (QED) is 0.292. The lowest BCUT2D eigenvalue weighted by Crippen LogP contribution is -2.15. The molecule has 0 unspecified atom stereocenters. The van der Waals surface area contributed by atoms with Gasteiger partial charge in [0.05, 0.1) is 15.6 Å². The molecule has 0 aliphatic carbocycles. The molecule has 0 spiro atoms. The average molecular weight is 463 g/mol. The minimum Gasteiger partial charge on any atom is -0.325 e. The lowest BCUT2D eigenvalue weighted by Gasteiger charge is -2.08. The number of aromatic nitrogens is 3. The number of carbonyl (C=O) groups excluding carboxylic acids is 1. The Morgan fingerprint density at radius 2 is 1.94 bits per heavy atom. The number of thioether (sulfide) groups is 1. The largest absolute Gasteiger partial charge is 0.325 e. The summed E-state index contributed by atoms with van der Waals surface area (Å²) in [6, 6.07) is 11.6. The van der Waals surface area contributed by atoms with E-state index in [0.29, 0.717) is 28.8 Å². The molecule has 2 aromatic carbocycles. The topological polar surface area (TPSA) is 163 Å². The Hall–Kier alpha value is -3.29. The first-order valence-corrected chi connectivity index (χ1v) is 11.5. The predicted octanol–water partition coefficient (Wildman–Crippen LogP) is 2.25. The first kappa shape index (κ1) is 22.4. The Bertz CT molecular complexity index is 1220. The van der Waals surface area contributed by atoms with E-state index < -0.39 is 14.9 Å². The molecule has 1 amide bonds. The second kappa shape index (κ2) is 9.24. The molecule has 0 saturated heterocycles. The van der Waals surface area contributed by atoms with Gasteiger partial charge >= 0.3 is 0 Å². The van der Waals surface area contributed by atoms with Crippen LogP contribution in [0.3, 0.4) is 0 Å². The van der Waals surface area contributed by atoms with E-state index in [2.05, 4.69) is 15.5 Å². The molecule has 0 saturated carbocycles. The Balaban J connectivity index is 1.69. The van der Waals surface area contributed by atoms with Crippen LogP contribution in [0.2, 0.25) is 0 Å². The van der Waals surface area contributed by atoms with Gasteiger partial charge in [-0.05, 0) is 31.2 Å². The van der Waals surface area contributed by atoms with Crippen LogP contribution >= 0.6 is 11.8 Å². The average Bonchev–Trinajstić information content (AvgIpc) is 3.15. The number of anilines is 1. The normalized spacial score (nSPS) is 11.3. The number of benzene rings is 2. The molecule has 0 bridgehead atoms. The van der Waals surface area contributed by atoms with Gasteiger partial charge in [-0.3, -0.25) is 14.9 Å². The standard InChI is InChI=1S/C18H18N6O5S2/c1-2-23-17(12-4-3-5-14(10-12)24(26)27)21-22-18(23)30-11-16(25)20-13-6-8-15(9-7-13)31(19,28)29/h3-10H,2,11H2,1H3,(H,20,25)(H2,19,28,29). The third-order valence-electron chi connectivity index (χ3n) is 4.15. The van der Waals surface area contributed by atoms with E-state index in [0.717, 1.165) is 11.8 Å². The number of nitro benzene ring substituents is 1. The summed E-state index contributed by atoms with van der Waals surface area (Å²) in [5, 5.41) is 27.4. The molecule has 3 rings (SSSR count). The summed E-state index contributed by atoms with van der Waals surface area (Å²) >= 11 is 1.16. The Morgan fingerprint density at radius 1 is 1.23 bits per heavy atom. The summed E-state index contributed by atoms with van der Waals surface area (Å²) in [6.07, 6.45) is 0. The van der Waals surface area contributed by atoms with Gasteiger partial charge in [0.1, 0.15) is 0 Å². The fourth-order valence-electron chi connectivity index (χ4n) is 2.71. The van der Waals surface area contributed by atoms with Crippen LogP contribution < -0.4 is 10.5 Å². The number of hydrogen-bond acceptors (Lipinski definition) is 8. The van der Waals surface area contributed by atoms with Crippen molar-refractivity contribution in [2.24, 2.45) is 5.14 Å². The van der Waals surface area contributed by atoms with Gasteiger partial charge < -0.3 is 9.88 Å². The van der Waals surface area contributed by atoms with E-state index in [1.807, 2.05) is 6.92 Å². The van der Waals surface area contributed by atoms with Crippen LogP contribution in [-0.2, 0) is 21.4 Å². The highest BCUT2D eigenvalue weighted by Gasteiger charge is 2.17. The van der Waals surface area contributed by atoms with Crippen molar-refractivity contribution in [3.8, 4) is 11.4 Å². The van der Waals surface area contributed by atoms with Crippen molar-refractivity contribution in [3.05, 3.63) is 58.6 Å². The zero-order valence-corrected chi connectivity index (χ0v) is 17.9. The van der Waals surface area contributed by atoms with Gasteiger partial charge in [0.25, 0.3) is 5.69 Å². The van der Waals surface area contributed by atoms with Gasteiger partial charge in [-0.1, -0.05) is 23.9 Å². The van der Waals surface area contributed by atoms with Gasteiger partial charge in [0.2, 0.25) is 15.9 Å². The molecule has 31 heavy (non-hydrogen) atoms. The summed E-state index contributed by atoms with van der Waals surface area (Å²) in [5.41, 5.74) is 0.923. The molecule has 0 fully saturated rings. The molecule has 0 radical (unpaired) electrons. The van der Waals surface area contributed by atoms with E-state index >= 15 is 0 Å². The number of hydrogen-bond donors (Lipinski definition) is 2. The van der Waals surface area contributed by atoms with Crippen molar-refractivity contribution < 1.29 is 18.1 Å². The third kappa shape index (κ3) is 5.45. The summed E-state index contributed by atoms with van der Waals surface area (Å²) < 4.78 is 24.3. The number of carbonyl (C=O) groups is 1. The Morgan fingerprint density at radius 3 is 2.55 bits per heavy atom. The van der Waals surface area contributed by atoms with Crippen LogP contribution in [0.4, 0.5) is 11.4 Å². The van der Waals surface area contributed by atoms with Gasteiger partial charge in [0.15, 0.2) is 11.0 Å². The van der Waals surface area contributed by atoms with Gasteiger partial charge in [0, 0.05) is 29.9 Å². The SMILES string of the molecule is CCn1c(SCC(=O)Nc2ccc(S(N)(=O)=O)cc2)nnc1-c1cccc([N+](=O)[O-])c1. The highest BCUT2D eigenvalue weighted by molar-refractivity contribution is 7.99. The maximum Gasteiger partial charge on any atom is 0.270 e. The second-order valence-corrected chi connectivity index (χ2v) is 8.77. The summed E-state index contributed by atoms with van der Waals surface area (Å²) in [5.74, 6) is 0.174. The molecule has 3 aromatic rings. The fraction of sp³-hybridized carbons (Fsp3) is 0.167. The van der Waals surface area contributed by atoms with E-state index in [4.69, 9.17) is 5.14 Å². The lowest BCUT2D eigenvalue weighted by atomic mass is 10.2. The van der Waals surface area contributed by atoms with Crippen molar-refractivity contribution in [1.29, 1.82) is 0 Å². The first-order chi connectivity index (χ1) is 14.7. The van der Waals surface area contributed by atoms with Crippen molar-refractivity contribution in [2.75, 3.05) is 11.1 Å². The van der Waals surface area contributed by atoms with Gasteiger partial charge in [-0.25, -0.2) is 13.6 Å². The molecule has 162 valence electrons. The first-order valence-electron chi connectivity index (χ1n) is 8.92. The molecule has 1 heterocycles. The molecule has 0 aliphatic heterocycles. The molecular weight excluding hydrogens is 444 g/mol. The predicted molar refractivity (Wildman–Crippen MR) is 115 cm³/mol. The van der Waals surface area contributed by atoms with Crippen molar-refractivity contribution in [3.63, 3.8) is 0 Å². The molecule has 3 N–H and O–H groups in total. The number of sulfonamides is 1. The molecule has 1 aromatic heterocycles. The van der Waals surface area contributed by atoms with Crippen molar-refractivity contribution in [1.82, 2.24) is 14.8 Å². The number of nitrogens with one attached hydrogen (secondary N) is 1. The number of rotatable bonds is 8. The molecule has 0 aliphatic rings. The van der Waals surface area contributed by atoms with E-state index in [1.54, 1.807) is 16.7 Å². The molecular formula is C18H18N6O5S2. The maximum absolute atomic E-state index is 12.3. The number of nitrogens with two attached hydrogens (primary N) is 1. The number of primary sulfonamides is 1. The molecule has 11 nitrogen and oxygen atoms in total. The minimum absolute atomic E-state index is 0.0318. The smallest absolute Gasteiger partial charge is 0.270 e. The van der Waals surface area contributed by atoms with Crippen LogP contribution in [0, 0.1) is 10.1 Å². The van der Waals surface area contributed by atoms with E-state index in [1.165, 1.54) is 36.4 Å². The maximum atomic E-state index is 12.3. The number of amides is 1. The van der Waals surface area contributed by atoms with E-state index in [9.17, 15) is 23.3 Å². The van der Waals surface area contributed by atoms with Gasteiger partial charge in [-0.2, -0.15) is 0 Å². The minimum atomic E-state index is -3.80. The third-order valence-corrected chi connectivity index (χ3v) is 6.04. The van der Waals surface area contributed by atoms with Gasteiger partial charge in [-0.15, -0.1) is 10.2 Å². The van der Waals surface area contributed by atoms with Crippen molar-refractivity contribution in [2.45, 2.75) is 23.5 Å². The number of nitro groups is 1. The number of non-ortho nitro benzene ring substituents is 1. The van der Waals surface area contributed by atoms with Crippen LogP contribution in [0.1, 0.15) is 6.92 Å². The second-order valence-electron chi connectivity index (χ2n) is 6.26. The fourth-order valence-corrected chi connectivity index (χ4v) is 4.03. The molecule has 0 atom stereocenters. The van der Waals surface area contributed by atoms with E-state index in [-0.39, 0.29) is 22.2 Å². The summed E-state index contributed by atoms with van der Waals surface area (Å²) in [4.78, 5) is 22.7. The van der Waals surface area contributed by atoms with Crippen LogP contribution in [0.5, 0.6) is 0 Å². The zero-order valence-electron chi connectivity index (χ0n) is 16.3. The van der Waals surface area contributed by atoms with Crippen LogP contribution in [0.15, 0.2) is 58.6 Å². The number of nitrogens with zero attached hydrogens (tertiary/aromatic N) is 4. The Kier molecular flexibility index (Phi) is 6.68. The van der Waals surface area contributed by atoms with Crippen LogP contribution in [-0.4, -0.2) is 39.8 Å². The Labute approximate surface area is 181 Å². The summed E-state index contributed by atoms with van der Waals surface area (Å²) in [6.45, 7) is 2.38. The zero-order chi connectivity index (χ0) is 22.6. The van der Waals surface area contributed by atoms with Crippen LogP contribution in [0.25, 0.3) is 11.4 Å². The van der Waals surface area contributed by atoms with Crippen molar-refractivity contribution >= 4 is 39.1 Å². The summed E-state index contributed by atoms with van der Waals surface area (Å²) in [7, 11) is -3.80. The monoisotopic (exact) mass is 462 g/mol.